The predicted octanol–water partition coefficient (Wildman–Crippen LogP) is 2.93. The molecule has 0 bridgehead atoms. The highest BCUT2D eigenvalue weighted by Crippen LogP contribution is 2.54. The zero-order valence-electron chi connectivity index (χ0n) is 11.9. The van der Waals surface area contributed by atoms with Crippen molar-refractivity contribution in [3.05, 3.63) is 34.7 Å². The lowest BCUT2D eigenvalue weighted by Crippen LogP contribution is -3.00. The van der Waals surface area contributed by atoms with Crippen LogP contribution in [-0.2, 0) is 17.3 Å². The van der Waals surface area contributed by atoms with Crippen molar-refractivity contribution in [2.75, 3.05) is 0 Å². The van der Waals surface area contributed by atoms with Gasteiger partial charge in [0.25, 0.3) is 0 Å². The molecule has 0 spiro atoms. The van der Waals surface area contributed by atoms with Crippen LogP contribution >= 0.6 is 10.5 Å². The molecule has 1 atom stereocenters. The lowest BCUT2D eigenvalue weighted by Gasteiger charge is -2.13. The van der Waals surface area contributed by atoms with Gasteiger partial charge in [-0.05, 0) is 24.1 Å². The highest BCUT2D eigenvalue weighted by molar-refractivity contribution is 7.38. The summed E-state index contributed by atoms with van der Waals surface area (Å²) in [5, 5.41) is 0.741. The second-order valence-electron chi connectivity index (χ2n) is 5.74. The molecule has 0 nitrogen and oxygen atoms in total. The number of halogens is 4. The molecule has 0 fully saturated rings. The highest BCUT2D eigenvalue weighted by atomic mass is 79.9. The summed E-state index contributed by atoms with van der Waals surface area (Å²) in [5.41, 5.74) is -3.59. The van der Waals surface area contributed by atoms with Crippen LogP contribution in [-0.4, -0.2) is 0 Å². The number of fused-ring (bicyclic) bond motifs is 1. The van der Waals surface area contributed by atoms with E-state index < -0.39 is 21.4 Å². The van der Waals surface area contributed by atoms with Gasteiger partial charge in [0.15, 0.2) is 9.58 Å². The van der Waals surface area contributed by atoms with Gasteiger partial charge in [-0.2, -0.15) is 0 Å². The first-order valence-electron chi connectivity index (χ1n) is 6.31. The maximum Gasteiger partial charge on any atom is 0.600 e. The van der Waals surface area contributed by atoms with E-state index in [4.69, 9.17) is 0 Å². The number of aryl methyl sites for hydroxylation is 1. The van der Waals surface area contributed by atoms with Gasteiger partial charge in [0, 0.05) is 16.9 Å². The van der Waals surface area contributed by atoms with Gasteiger partial charge in [-0.1, -0.05) is 33.8 Å². The van der Waals surface area contributed by atoms with Crippen LogP contribution in [0.3, 0.4) is 0 Å². The fourth-order valence-electron chi connectivity index (χ4n) is 2.21. The Bertz CT molecular complexity index is 606. The van der Waals surface area contributed by atoms with E-state index in [1.54, 1.807) is 12.1 Å². The van der Waals surface area contributed by atoms with Gasteiger partial charge < -0.3 is 17.0 Å². The SMILES string of the molecule is CCc1ccc2c(c1)cc(C(C)(C)C)[s+]2C(F)(F)F.[Br-]. The second kappa shape index (κ2) is 5.68. The summed E-state index contributed by atoms with van der Waals surface area (Å²) >= 11 is 0. The summed E-state index contributed by atoms with van der Waals surface area (Å²) < 4.78 is 40.5. The van der Waals surface area contributed by atoms with Gasteiger partial charge in [0.05, 0.1) is 10.5 Å². The van der Waals surface area contributed by atoms with Crippen LogP contribution in [0.15, 0.2) is 24.3 Å². The molecule has 1 aromatic carbocycles. The minimum atomic E-state index is -4.20. The molecule has 0 saturated carbocycles. The van der Waals surface area contributed by atoms with Crippen molar-refractivity contribution >= 4 is 20.6 Å². The third-order valence-electron chi connectivity index (χ3n) is 3.18. The number of thiophene rings is 1. The molecule has 1 heterocycles. The van der Waals surface area contributed by atoms with E-state index in [-0.39, 0.29) is 17.0 Å². The van der Waals surface area contributed by atoms with Crippen molar-refractivity contribution in [3.63, 3.8) is 0 Å². The van der Waals surface area contributed by atoms with E-state index in [9.17, 15) is 13.2 Å². The molecule has 0 N–H and O–H groups in total. The van der Waals surface area contributed by atoms with Crippen molar-refractivity contribution in [1.82, 2.24) is 0 Å². The number of hydrogen-bond donors (Lipinski definition) is 0. The highest BCUT2D eigenvalue weighted by Gasteiger charge is 2.50. The Morgan fingerprint density at radius 3 is 2.10 bits per heavy atom. The summed E-state index contributed by atoms with van der Waals surface area (Å²) in [7, 11) is -1.78. The summed E-state index contributed by atoms with van der Waals surface area (Å²) in [6.45, 7) is 7.54. The second-order valence-corrected chi connectivity index (χ2v) is 7.69. The zero-order valence-corrected chi connectivity index (χ0v) is 14.3. The Kier molecular flexibility index (Phi) is 4.97. The number of hydrogen-bond acceptors (Lipinski definition) is 0. The Hall–Kier alpha value is -0.550. The van der Waals surface area contributed by atoms with E-state index >= 15 is 0 Å². The molecular formula is C15H18BrF3S. The van der Waals surface area contributed by atoms with Crippen molar-refractivity contribution in [3.8, 4) is 0 Å². The van der Waals surface area contributed by atoms with Gasteiger partial charge in [-0.25, -0.2) is 0 Å². The molecule has 5 heteroatoms. The average Bonchev–Trinajstić information content (AvgIpc) is 2.66. The van der Waals surface area contributed by atoms with Crippen LogP contribution in [0.1, 0.15) is 38.1 Å². The lowest BCUT2D eigenvalue weighted by molar-refractivity contribution is -0.0869. The molecule has 2 rings (SSSR count). The minimum absolute atomic E-state index is 0. The Balaban J connectivity index is 0.00000200. The normalized spacial score (nSPS) is 13.4. The molecule has 112 valence electrons. The van der Waals surface area contributed by atoms with Crippen molar-refractivity contribution in [2.45, 2.75) is 45.0 Å². The third-order valence-corrected chi connectivity index (χ3v) is 5.62. The predicted molar refractivity (Wildman–Crippen MR) is 75.8 cm³/mol. The van der Waals surface area contributed by atoms with Crippen LogP contribution in [0.25, 0.3) is 10.1 Å². The summed E-state index contributed by atoms with van der Waals surface area (Å²) in [4.78, 5) is 0.489. The first-order valence-corrected chi connectivity index (χ1v) is 7.53. The maximum absolute atomic E-state index is 13.4. The lowest BCUT2D eigenvalue weighted by atomic mass is 9.94. The monoisotopic (exact) mass is 366 g/mol. The average molecular weight is 367 g/mol. The van der Waals surface area contributed by atoms with Crippen LogP contribution in [0, 0.1) is 0 Å². The molecule has 1 unspecified atom stereocenters. The van der Waals surface area contributed by atoms with Gasteiger partial charge in [-0.15, -0.1) is 13.2 Å². The van der Waals surface area contributed by atoms with E-state index in [0.717, 1.165) is 17.4 Å². The van der Waals surface area contributed by atoms with Crippen LogP contribution < -0.4 is 17.0 Å². The molecule has 1 aromatic heterocycles. The largest absolute Gasteiger partial charge is 1.00 e. The molecule has 20 heavy (non-hydrogen) atoms. The molecule has 0 radical (unpaired) electrons. The van der Waals surface area contributed by atoms with E-state index in [0.29, 0.717) is 9.58 Å². The Labute approximate surface area is 130 Å². The van der Waals surface area contributed by atoms with Crippen LogP contribution in [0.2, 0.25) is 0 Å². The molecular weight excluding hydrogens is 349 g/mol. The molecule has 0 amide bonds. The fraction of sp³-hybridized carbons (Fsp3) is 0.467. The Morgan fingerprint density at radius 1 is 1.05 bits per heavy atom. The van der Waals surface area contributed by atoms with Gasteiger partial charge in [0.2, 0.25) is 0 Å². The van der Waals surface area contributed by atoms with E-state index in [2.05, 4.69) is 0 Å². The molecule has 0 aliphatic carbocycles. The van der Waals surface area contributed by atoms with Crippen molar-refractivity contribution in [1.29, 1.82) is 0 Å². The van der Waals surface area contributed by atoms with Gasteiger partial charge in [-0.3, -0.25) is 0 Å². The minimum Gasteiger partial charge on any atom is -1.00 e. The quantitative estimate of drug-likeness (QED) is 0.680. The summed E-state index contributed by atoms with van der Waals surface area (Å²) in [5.74, 6) is 0. The molecule has 0 aliphatic rings. The van der Waals surface area contributed by atoms with Crippen molar-refractivity contribution < 1.29 is 30.2 Å². The Morgan fingerprint density at radius 2 is 1.65 bits per heavy atom. The topological polar surface area (TPSA) is 0 Å². The summed E-state index contributed by atoms with van der Waals surface area (Å²) in [6.07, 6.45) is 0.839. The third kappa shape index (κ3) is 3.19. The van der Waals surface area contributed by atoms with Crippen LogP contribution in [0.5, 0.6) is 0 Å². The van der Waals surface area contributed by atoms with E-state index in [1.165, 1.54) is 0 Å². The summed E-state index contributed by atoms with van der Waals surface area (Å²) in [6, 6.07) is 7.09. The zero-order chi connectivity index (χ0) is 14.4. The van der Waals surface area contributed by atoms with Gasteiger partial charge >= 0.3 is 5.51 Å². The molecule has 2 aromatic rings. The first-order chi connectivity index (χ1) is 8.64. The number of alkyl halides is 3. The van der Waals surface area contributed by atoms with E-state index in [1.807, 2.05) is 39.8 Å². The van der Waals surface area contributed by atoms with Crippen LogP contribution in [0.4, 0.5) is 13.2 Å². The first kappa shape index (κ1) is 17.5. The smallest absolute Gasteiger partial charge is 0.600 e. The fourth-order valence-corrected chi connectivity index (χ4v) is 4.36. The molecule has 0 saturated heterocycles. The number of benzene rings is 1. The standard InChI is InChI=1S/C15H18F3S.BrH/c1-5-10-6-7-12-11(8-10)9-13(14(2,3)4)19(12)15(16,17)18;/h6-9H,5H2,1-4H3;1H/q+1;/p-1. The maximum atomic E-state index is 13.4. The number of rotatable bonds is 1. The molecule has 0 aliphatic heterocycles. The van der Waals surface area contributed by atoms with Crippen molar-refractivity contribution in [2.24, 2.45) is 0 Å². The van der Waals surface area contributed by atoms with Gasteiger partial charge in [0.1, 0.15) is 0 Å².